The number of nitrogens with zero attached hydrogens (tertiary/aromatic N) is 1. The van der Waals surface area contributed by atoms with Gasteiger partial charge in [-0.2, -0.15) is 0 Å². The zero-order valence-corrected chi connectivity index (χ0v) is 12.1. The topological polar surface area (TPSA) is 78.4 Å². The van der Waals surface area contributed by atoms with Gasteiger partial charge in [-0.3, -0.25) is 10.1 Å². The largest absolute Gasteiger partial charge is 0.573 e. The maximum Gasteiger partial charge on any atom is 0.573 e. The summed E-state index contributed by atoms with van der Waals surface area (Å²) in [6.07, 6.45) is -4.78. The van der Waals surface area contributed by atoms with E-state index in [1.54, 1.807) is 0 Å². The lowest BCUT2D eigenvalue weighted by Gasteiger charge is -2.15. The first-order valence-electron chi connectivity index (χ1n) is 6.22. The van der Waals surface area contributed by atoms with Crippen LogP contribution >= 0.6 is 11.6 Å². The number of benzene rings is 2. The molecule has 23 heavy (non-hydrogen) atoms. The molecule has 0 unspecified atom stereocenters. The number of alkyl halides is 3. The van der Waals surface area contributed by atoms with Gasteiger partial charge < -0.3 is 10.5 Å². The quantitative estimate of drug-likeness (QED) is 0.665. The van der Waals surface area contributed by atoms with Gasteiger partial charge in [-0.05, 0) is 29.3 Å². The van der Waals surface area contributed by atoms with Crippen molar-refractivity contribution in [2.45, 2.75) is 12.4 Å². The van der Waals surface area contributed by atoms with E-state index in [0.717, 1.165) is 12.1 Å². The minimum absolute atomic E-state index is 0.183. The third kappa shape index (κ3) is 4.33. The molecule has 0 fully saturated rings. The molecule has 0 heterocycles. The summed E-state index contributed by atoms with van der Waals surface area (Å²) in [4.78, 5) is 10.2. The number of rotatable bonds is 4. The molecule has 2 N–H and O–H groups in total. The van der Waals surface area contributed by atoms with E-state index in [-0.39, 0.29) is 10.7 Å². The Morgan fingerprint density at radius 3 is 2.30 bits per heavy atom. The van der Waals surface area contributed by atoms with Crippen molar-refractivity contribution in [2.75, 3.05) is 0 Å². The number of hydrogen-bond donors (Lipinski definition) is 1. The molecule has 0 radical (unpaired) electrons. The first-order valence-corrected chi connectivity index (χ1v) is 6.60. The zero-order chi connectivity index (χ0) is 17.2. The predicted molar refractivity (Wildman–Crippen MR) is 77.3 cm³/mol. The number of ether oxygens (including phenoxy) is 1. The van der Waals surface area contributed by atoms with Crippen LogP contribution in [0.15, 0.2) is 42.5 Å². The predicted octanol–water partition coefficient (Wildman–Crippen LogP) is 4.19. The molecular weight excluding hydrogens is 337 g/mol. The monoisotopic (exact) mass is 346 g/mol. The molecule has 0 aliphatic rings. The number of nitrogens with two attached hydrogens (primary N) is 1. The van der Waals surface area contributed by atoms with Gasteiger partial charge in [-0.15, -0.1) is 13.2 Å². The van der Waals surface area contributed by atoms with Crippen LogP contribution in [0.1, 0.15) is 17.2 Å². The summed E-state index contributed by atoms with van der Waals surface area (Å²) in [6.45, 7) is 0. The molecule has 2 aromatic rings. The maximum absolute atomic E-state index is 12.1. The Morgan fingerprint density at radius 2 is 1.78 bits per heavy atom. The van der Waals surface area contributed by atoms with Crippen LogP contribution < -0.4 is 10.5 Å². The summed E-state index contributed by atoms with van der Waals surface area (Å²) >= 11 is 5.99. The van der Waals surface area contributed by atoms with E-state index in [9.17, 15) is 23.3 Å². The van der Waals surface area contributed by atoms with E-state index in [1.165, 1.54) is 30.3 Å². The van der Waals surface area contributed by atoms with Crippen LogP contribution in [0.25, 0.3) is 0 Å². The van der Waals surface area contributed by atoms with Gasteiger partial charge in [-0.25, -0.2) is 0 Å². The Labute approximate surface area is 133 Å². The Morgan fingerprint density at radius 1 is 1.17 bits per heavy atom. The van der Waals surface area contributed by atoms with Crippen LogP contribution in [0, 0.1) is 10.1 Å². The fourth-order valence-electron chi connectivity index (χ4n) is 1.94. The highest BCUT2D eigenvalue weighted by molar-refractivity contribution is 6.31. The minimum Gasteiger partial charge on any atom is -0.406 e. The normalized spacial score (nSPS) is 12.7. The molecule has 5 nitrogen and oxygen atoms in total. The molecule has 2 aromatic carbocycles. The summed E-state index contributed by atoms with van der Waals surface area (Å²) in [5.74, 6) is -0.390. The molecular formula is C14H10ClF3N2O3. The van der Waals surface area contributed by atoms with Crippen LogP contribution in [0.3, 0.4) is 0 Å². The standard InChI is InChI=1S/C14H10ClF3N2O3/c15-12-6-3-9(20(21)22)7-11(12)13(19)8-1-4-10(5-2-8)23-14(16,17)18/h1-7,13H,19H2/t13-/m0/s1. The molecule has 0 bridgehead atoms. The van der Waals surface area contributed by atoms with Gasteiger partial charge in [0.1, 0.15) is 5.75 Å². The number of halogens is 4. The summed E-state index contributed by atoms with van der Waals surface area (Å²) in [5, 5.41) is 11.0. The van der Waals surface area contributed by atoms with Gasteiger partial charge in [0.15, 0.2) is 0 Å². The van der Waals surface area contributed by atoms with Crippen molar-refractivity contribution in [3.8, 4) is 5.75 Å². The summed E-state index contributed by atoms with van der Waals surface area (Å²) in [6, 6.07) is 7.85. The number of non-ortho nitro benzene ring substituents is 1. The van der Waals surface area contributed by atoms with Crippen molar-refractivity contribution in [1.82, 2.24) is 0 Å². The summed E-state index contributed by atoms with van der Waals surface area (Å²) < 4.78 is 40.1. The lowest BCUT2D eigenvalue weighted by Crippen LogP contribution is -2.17. The number of nitro benzene ring substituents is 1. The Kier molecular flexibility index (Phi) is 4.76. The van der Waals surface area contributed by atoms with Crippen LogP contribution in [0.2, 0.25) is 5.02 Å². The molecule has 0 aliphatic heterocycles. The molecule has 0 aliphatic carbocycles. The van der Waals surface area contributed by atoms with E-state index < -0.39 is 23.1 Å². The smallest absolute Gasteiger partial charge is 0.406 e. The average Bonchev–Trinajstić information content (AvgIpc) is 2.46. The number of hydrogen-bond acceptors (Lipinski definition) is 4. The van der Waals surface area contributed by atoms with Crippen molar-refractivity contribution in [2.24, 2.45) is 5.73 Å². The molecule has 0 aromatic heterocycles. The van der Waals surface area contributed by atoms with Gasteiger partial charge in [-0.1, -0.05) is 23.7 Å². The summed E-state index contributed by atoms with van der Waals surface area (Å²) in [7, 11) is 0. The third-order valence-electron chi connectivity index (χ3n) is 3.00. The molecule has 0 amide bonds. The first kappa shape index (κ1) is 17.0. The van der Waals surface area contributed by atoms with E-state index in [4.69, 9.17) is 17.3 Å². The SMILES string of the molecule is N[C@@H](c1ccc(OC(F)(F)F)cc1)c1cc([N+](=O)[O-])ccc1Cl. The van der Waals surface area contributed by atoms with Crippen LogP contribution in [0.4, 0.5) is 18.9 Å². The van der Waals surface area contributed by atoms with Crippen molar-refractivity contribution in [3.63, 3.8) is 0 Å². The lowest BCUT2D eigenvalue weighted by atomic mass is 9.99. The van der Waals surface area contributed by atoms with Crippen molar-refractivity contribution < 1.29 is 22.8 Å². The fraction of sp³-hybridized carbons (Fsp3) is 0.143. The molecule has 2 rings (SSSR count). The van der Waals surface area contributed by atoms with Gasteiger partial charge >= 0.3 is 6.36 Å². The first-order chi connectivity index (χ1) is 10.7. The van der Waals surface area contributed by atoms with Gasteiger partial charge in [0.25, 0.3) is 5.69 Å². The second-order valence-electron chi connectivity index (χ2n) is 4.56. The Balaban J connectivity index is 2.28. The van der Waals surface area contributed by atoms with Gasteiger partial charge in [0.05, 0.1) is 11.0 Å². The number of nitro groups is 1. The third-order valence-corrected chi connectivity index (χ3v) is 3.34. The van der Waals surface area contributed by atoms with E-state index in [2.05, 4.69) is 4.74 Å². The minimum atomic E-state index is -4.78. The van der Waals surface area contributed by atoms with Crippen molar-refractivity contribution in [3.05, 3.63) is 68.7 Å². The van der Waals surface area contributed by atoms with Crippen molar-refractivity contribution in [1.29, 1.82) is 0 Å². The summed E-state index contributed by atoms with van der Waals surface area (Å²) in [5.41, 5.74) is 6.54. The van der Waals surface area contributed by atoms with E-state index >= 15 is 0 Å². The Bertz CT molecular complexity index is 720. The second-order valence-corrected chi connectivity index (χ2v) is 4.96. The van der Waals surface area contributed by atoms with E-state index in [1.807, 2.05) is 0 Å². The fourth-order valence-corrected chi connectivity index (χ4v) is 2.17. The molecule has 0 saturated carbocycles. The average molecular weight is 347 g/mol. The molecule has 0 spiro atoms. The van der Waals surface area contributed by atoms with Crippen LogP contribution in [-0.4, -0.2) is 11.3 Å². The maximum atomic E-state index is 12.1. The van der Waals surface area contributed by atoms with Gasteiger partial charge in [0, 0.05) is 17.2 Å². The molecule has 122 valence electrons. The van der Waals surface area contributed by atoms with Gasteiger partial charge in [0.2, 0.25) is 0 Å². The second kappa shape index (κ2) is 6.43. The van der Waals surface area contributed by atoms with Crippen LogP contribution in [-0.2, 0) is 0 Å². The molecule has 1 atom stereocenters. The Hall–Kier alpha value is -2.32. The van der Waals surface area contributed by atoms with Crippen molar-refractivity contribution >= 4 is 17.3 Å². The highest BCUT2D eigenvalue weighted by atomic mass is 35.5. The van der Waals surface area contributed by atoms with Crippen LogP contribution in [0.5, 0.6) is 5.75 Å². The molecule has 9 heteroatoms. The van der Waals surface area contributed by atoms with E-state index in [0.29, 0.717) is 11.1 Å². The highest BCUT2D eigenvalue weighted by Crippen LogP contribution is 2.31. The zero-order valence-electron chi connectivity index (χ0n) is 11.4. The molecule has 0 saturated heterocycles. The highest BCUT2D eigenvalue weighted by Gasteiger charge is 2.31. The lowest BCUT2D eigenvalue weighted by molar-refractivity contribution is -0.384.